The van der Waals surface area contributed by atoms with Crippen LogP contribution in [0.2, 0.25) is 0 Å². The van der Waals surface area contributed by atoms with Crippen molar-refractivity contribution in [3.8, 4) is 0 Å². The second-order valence-corrected chi connectivity index (χ2v) is 7.23. The fourth-order valence-corrected chi connectivity index (χ4v) is 3.91. The number of para-hydroxylation sites is 3. The number of benzene rings is 2. The van der Waals surface area contributed by atoms with Crippen LogP contribution < -0.4 is 5.32 Å². The molecule has 2 aromatic carbocycles. The van der Waals surface area contributed by atoms with Crippen LogP contribution in [0, 0.1) is 0 Å². The van der Waals surface area contributed by atoms with Crippen molar-refractivity contribution in [1.82, 2.24) is 14.9 Å². The van der Waals surface area contributed by atoms with E-state index in [9.17, 15) is 4.79 Å². The zero-order chi connectivity index (χ0) is 18.5. The Morgan fingerprint density at radius 1 is 1.04 bits per heavy atom. The zero-order valence-corrected chi connectivity index (χ0v) is 15.5. The number of hydrogen-bond acceptors (Lipinski definition) is 2. The fourth-order valence-electron chi connectivity index (χ4n) is 3.91. The molecule has 3 aromatic rings. The van der Waals surface area contributed by atoms with E-state index in [1.54, 1.807) is 0 Å². The molecule has 0 unspecified atom stereocenters. The number of amides is 2. The summed E-state index contributed by atoms with van der Waals surface area (Å²) in [6, 6.07) is 18.0. The molecule has 0 spiro atoms. The van der Waals surface area contributed by atoms with E-state index < -0.39 is 0 Å². The number of hydrogen-bond donors (Lipinski definition) is 2. The summed E-state index contributed by atoms with van der Waals surface area (Å²) < 4.78 is 0. The maximum absolute atomic E-state index is 13.0. The second-order valence-electron chi connectivity index (χ2n) is 7.23. The lowest BCUT2D eigenvalue weighted by Crippen LogP contribution is -2.45. The molecule has 1 aliphatic carbocycles. The van der Waals surface area contributed by atoms with E-state index in [2.05, 4.69) is 15.3 Å². The van der Waals surface area contributed by atoms with Gasteiger partial charge in [0.15, 0.2) is 0 Å². The Hall–Kier alpha value is -2.82. The largest absolute Gasteiger partial charge is 0.342 e. The summed E-state index contributed by atoms with van der Waals surface area (Å²) in [7, 11) is 0. The molecule has 0 bridgehead atoms. The molecular weight excluding hydrogens is 336 g/mol. The lowest BCUT2D eigenvalue weighted by Gasteiger charge is -2.34. The Labute approximate surface area is 159 Å². The highest BCUT2D eigenvalue weighted by Crippen LogP contribution is 2.24. The van der Waals surface area contributed by atoms with Crippen molar-refractivity contribution in [3.63, 3.8) is 0 Å². The Balaban J connectivity index is 1.47. The molecule has 0 radical (unpaired) electrons. The Kier molecular flexibility index (Phi) is 5.37. The third-order valence-corrected chi connectivity index (χ3v) is 5.33. The van der Waals surface area contributed by atoms with Crippen molar-refractivity contribution in [1.29, 1.82) is 0 Å². The standard InChI is InChI=1S/C22H26N4O/c27-22(23-17-9-3-1-4-10-17)26(18-11-5-2-6-12-18)16-15-21-24-19-13-7-8-14-20(19)25-21/h1,3-4,7-10,13-14,18H,2,5-6,11-12,15-16H2,(H,23,27)(H,24,25). The first-order valence-corrected chi connectivity index (χ1v) is 9.86. The van der Waals surface area contributed by atoms with Crippen LogP contribution in [0.5, 0.6) is 0 Å². The lowest BCUT2D eigenvalue weighted by molar-refractivity contribution is 0.168. The predicted molar refractivity (Wildman–Crippen MR) is 109 cm³/mol. The first-order chi connectivity index (χ1) is 13.3. The molecule has 1 aromatic heterocycles. The van der Waals surface area contributed by atoms with E-state index in [-0.39, 0.29) is 6.03 Å². The van der Waals surface area contributed by atoms with Gasteiger partial charge in [-0.05, 0) is 37.1 Å². The first kappa shape index (κ1) is 17.6. The normalized spacial score (nSPS) is 15.0. The van der Waals surface area contributed by atoms with Gasteiger partial charge in [-0.1, -0.05) is 49.6 Å². The highest BCUT2D eigenvalue weighted by Gasteiger charge is 2.25. The molecule has 1 aliphatic rings. The number of H-pyrrole nitrogens is 1. The minimum atomic E-state index is -0.00999. The van der Waals surface area contributed by atoms with Crippen molar-refractivity contribution in [2.75, 3.05) is 11.9 Å². The molecule has 0 saturated heterocycles. The Bertz CT molecular complexity index is 850. The molecule has 4 rings (SSSR count). The van der Waals surface area contributed by atoms with Crippen LogP contribution in [0.3, 0.4) is 0 Å². The monoisotopic (exact) mass is 362 g/mol. The van der Waals surface area contributed by atoms with Crippen molar-refractivity contribution in [3.05, 3.63) is 60.4 Å². The van der Waals surface area contributed by atoms with E-state index in [0.29, 0.717) is 12.6 Å². The highest BCUT2D eigenvalue weighted by atomic mass is 16.2. The number of fused-ring (bicyclic) bond motifs is 1. The quantitative estimate of drug-likeness (QED) is 0.673. The number of aromatic amines is 1. The molecule has 5 heteroatoms. The van der Waals surface area contributed by atoms with Gasteiger partial charge in [-0.25, -0.2) is 9.78 Å². The Morgan fingerprint density at radius 3 is 2.56 bits per heavy atom. The molecule has 1 saturated carbocycles. The summed E-state index contributed by atoms with van der Waals surface area (Å²) >= 11 is 0. The molecule has 1 fully saturated rings. The molecule has 2 N–H and O–H groups in total. The van der Waals surface area contributed by atoms with Crippen molar-refractivity contribution < 1.29 is 4.79 Å². The van der Waals surface area contributed by atoms with Crippen LogP contribution in [0.1, 0.15) is 37.9 Å². The average Bonchev–Trinajstić information content (AvgIpc) is 3.13. The average molecular weight is 362 g/mol. The Morgan fingerprint density at radius 2 is 1.78 bits per heavy atom. The molecule has 2 amide bonds. The van der Waals surface area contributed by atoms with Gasteiger partial charge in [-0.15, -0.1) is 0 Å². The predicted octanol–water partition coefficient (Wildman–Crippen LogP) is 4.97. The summed E-state index contributed by atoms with van der Waals surface area (Å²) in [5.74, 6) is 0.935. The summed E-state index contributed by atoms with van der Waals surface area (Å²) in [6.07, 6.45) is 6.57. The van der Waals surface area contributed by atoms with Crippen LogP contribution in [-0.2, 0) is 6.42 Å². The summed E-state index contributed by atoms with van der Waals surface area (Å²) in [5.41, 5.74) is 2.86. The summed E-state index contributed by atoms with van der Waals surface area (Å²) in [6.45, 7) is 0.670. The van der Waals surface area contributed by atoms with Gasteiger partial charge in [0.25, 0.3) is 0 Å². The SMILES string of the molecule is O=C(Nc1ccccc1)N(CCc1nc2ccccc2[nH]1)C1CCCCC1. The molecule has 140 valence electrons. The maximum Gasteiger partial charge on any atom is 0.322 e. The van der Waals surface area contributed by atoms with Crippen molar-refractivity contribution in [2.24, 2.45) is 0 Å². The second kappa shape index (κ2) is 8.25. The number of imidazole rings is 1. The molecule has 0 atom stereocenters. The van der Waals surface area contributed by atoms with E-state index in [1.807, 2.05) is 59.5 Å². The summed E-state index contributed by atoms with van der Waals surface area (Å²) in [5, 5.41) is 3.06. The van der Waals surface area contributed by atoms with Crippen LogP contribution in [-0.4, -0.2) is 33.5 Å². The number of urea groups is 1. The van der Waals surface area contributed by atoms with Gasteiger partial charge in [0.2, 0.25) is 0 Å². The smallest absolute Gasteiger partial charge is 0.322 e. The first-order valence-electron chi connectivity index (χ1n) is 9.86. The van der Waals surface area contributed by atoms with Crippen LogP contribution in [0.4, 0.5) is 10.5 Å². The van der Waals surface area contributed by atoms with Gasteiger partial charge in [0.1, 0.15) is 5.82 Å². The molecule has 0 aliphatic heterocycles. The number of aromatic nitrogens is 2. The maximum atomic E-state index is 13.0. The number of anilines is 1. The van der Waals surface area contributed by atoms with E-state index in [1.165, 1.54) is 19.3 Å². The van der Waals surface area contributed by atoms with Gasteiger partial charge >= 0.3 is 6.03 Å². The van der Waals surface area contributed by atoms with Crippen molar-refractivity contribution >= 4 is 22.8 Å². The van der Waals surface area contributed by atoms with Gasteiger partial charge in [-0.2, -0.15) is 0 Å². The van der Waals surface area contributed by atoms with Crippen LogP contribution in [0.15, 0.2) is 54.6 Å². The topological polar surface area (TPSA) is 61.0 Å². The van der Waals surface area contributed by atoms with Crippen molar-refractivity contribution in [2.45, 2.75) is 44.6 Å². The zero-order valence-electron chi connectivity index (χ0n) is 15.5. The molecule has 1 heterocycles. The van der Waals surface area contributed by atoms with E-state index in [0.717, 1.165) is 41.8 Å². The molecule has 5 nitrogen and oxygen atoms in total. The third kappa shape index (κ3) is 4.30. The van der Waals surface area contributed by atoms with Gasteiger partial charge in [0, 0.05) is 24.7 Å². The van der Waals surface area contributed by atoms with Gasteiger partial charge in [0.05, 0.1) is 11.0 Å². The fraction of sp³-hybridized carbons (Fsp3) is 0.364. The number of carbonyl (C=O) groups is 1. The third-order valence-electron chi connectivity index (χ3n) is 5.33. The highest BCUT2D eigenvalue weighted by molar-refractivity contribution is 5.89. The number of carbonyl (C=O) groups excluding carboxylic acids is 1. The van der Waals surface area contributed by atoms with Gasteiger partial charge < -0.3 is 15.2 Å². The summed E-state index contributed by atoms with van der Waals surface area (Å²) in [4.78, 5) is 23.0. The van der Waals surface area contributed by atoms with Crippen LogP contribution >= 0.6 is 0 Å². The minimum absolute atomic E-state index is 0.00999. The lowest BCUT2D eigenvalue weighted by atomic mass is 9.94. The number of nitrogens with one attached hydrogen (secondary N) is 2. The molecule has 27 heavy (non-hydrogen) atoms. The van der Waals surface area contributed by atoms with E-state index in [4.69, 9.17) is 0 Å². The van der Waals surface area contributed by atoms with E-state index >= 15 is 0 Å². The van der Waals surface area contributed by atoms with Crippen LogP contribution in [0.25, 0.3) is 11.0 Å². The number of rotatable bonds is 5. The van der Waals surface area contributed by atoms with Gasteiger partial charge in [-0.3, -0.25) is 0 Å². The molecular formula is C22H26N4O. The minimum Gasteiger partial charge on any atom is -0.342 e. The number of nitrogens with zero attached hydrogens (tertiary/aromatic N) is 2.